The maximum absolute atomic E-state index is 13.1. The molecule has 0 atom stereocenters. The van der Waals surface area contributed by atoms with Crippen LogP contribution in [-0.4, -0.2) is 14.1 Å². The third-order valence-electron chi connectivity index (χ3n) is 2.74. The van der Waals surface area contributed by atoms with Gasteiger partial charge < -0.3 is 10.2 Å². The van der Waals surface area contributed by atoms with Gasteiger partial charge in [-0.2, -0.15) is 0 Å². The van der Waals surface area contributed by atoms with Crippen molar-refractivity contribution in [3.63, 3.8) is 0 Å². The summed E-state index contributed by atoms with van der Waals surface area (Å²) in [5, 5.41) is 3.06. The first-order chi connectivity index (χ1) is 8.20. The van der Waals surface area contributed by atoms with E-state index in [0.29, 0.717) is 0 Å². The van der Waals surface area contributed by atoms with Crippen LogP contribution >= 0.6 is 0 Å². The van der Waals surface area contributed by atoms with Crippen LogP contribution in [0.2, 0.25) is 0 Å². The van der Waals surface area contributed by atoms with E-state index in [9.17, 15) is 4.39 Å². The van der Waals surface area contributed by atoms with Crippen molar-refractivity contribution in [3.05, 3.63) is 54.3 Å². The van der Waals surface area contributed by atoms with E-state index in [1.807, 2.05) is 49.3 Å². The molecule has 0 saturated carbocycles. The third kappa shape index (κ3) is 2.56. The predicted octanol–water partition coefficient (Wildman–Crippen LogP) is 3.64. The molecular weight excluding hydrogens is 215 g/mol. The van der Waals surface area contributed by atoms with Gasteiger partial charge in [0.25, 0.3) is 0 Å². The van der Waals surface area contributed by atoms with Gasteiger partial charge in [-0.3, -0.25) is 0 Å². The number of hydrogen-bond acceptors (Lipinski definition) is 2. The molecule has 2 aromatic carbocycles. The number of benzene rings is 2. The lowest BCUT2D eigenvalue weighted by Crippen LogP contribution is -2.09. The van der Waals surface area contributed by atoms with Crippen molar-refractivity contribution in [2.75, 3.05) is 24.3 Å². The van der Waals surface area contributed by atoms with E-state index in [1.165, 1.54) is 12.1 Å². The molecule has 0 aliphatic heterocycles. The second-order valence-corrected chi connectivity index (χ2v) is 3.84. The maximum atomic E-state index is 13.1. The van der Waals surface area contributed by atoms with Crippen LogP contribution in [0.1, 0.15) is 0 Å². The molecule has 0 heterocycles. The summed E-state index contributed by atoms with van der Waals surface area (Å²) in [5.74, 6) is -0.221. The van der Waals surface area contributed by atoms with Gasteiger partial charge in [0.2, 0.25) is 0 Å². The van der Waals surface area contributed by atoms with E-state index in [-0.39, 0.29) is 5.82 Å². The first-order valence-corrected chi connectivity index (χ1v) is 5.48. The van der Waals surface area contributed by atoms with Crippen LogP contribution in [0.25, 0.3) is 0 Å². The standard InChI is InChI=1S/C14H15FN2/c1-16-12-6-8-13(9-7-12)17(2)14-5-3-4-11(15)10-14/h3-10,16H,1-2H3. The number of nitrogens with zero attached hydrogens (tertiary/aromatic N) is 1. The van der Waals surface area contributed by atoms with Crippen LogP contribution in [0.4, 0.5) is 21.5 Å². The third-order valence-corrected chi connectivity index (χ3v) is 2.74. The molecular formula is C14H15FN2. The number of nitrogens with one attached hydrogen (secondary N) is 1. The van der Waals surface area contributed by atoms with Gasteiger partial charge >= 0.3 is 0 Å². The Hall–Kier alpha value is -2.03. The number of anilines is 3. The van der Waals surface area contributed by atoms with Crippen molar-refractivity contribution < 1.29 is 4.39 Å². The summed E-state index contributed by atoms with van der Waals surface area (Å²) >= 11 is 0. The van der Waals surface area contributed by atoms with Crippen LogP contribution in [0.5, 0.6) is 0 Å². The van der Waals surface area contributed by atoms with Crippen molar-refractivity contribution in [2.45, 2.75) is 0 Å². The minimum Gasteiger partial charge on any atom is -0.388 e. The molecule has 0 aliphatic rings. The van der Waals surface area contributed by atoms with Crippen LogP contribution < -0.4 is 10.2 Å². The molecule has 88 valence electrons. The second-order valence-electron chi connectivity index (χ2n) is 3.84. The van der Waals surface area contributed by atoms with E-state index in [1.54, 1.807) is 6.07 Å². The molecule has 3 heteroatoms. The summed E-state index contributed by atoms with van der Waals surface area (Å²) in [4.78, 5) is 1.95. The average Bonchev–Trinajstić information content (AvgIpc) is 2.38. The first-order valence-electron chi connectivity index (χ1n) is 5.48. The van der Waals surface area contributed by atoms with Crippen LogP contribution in [0.15, 0.2) is 48.5 Å². The summed E-state index contributed by atoms with van der Waals surface area (Å²) in [7, 11) is 3.80. The molecule has 0 saturated heterocycles. The molecule has 0 fully saturated rings. The van der Waals surface area contributed by atoms with E-state index in [0.717, 1.165) is 17.1 Å². The van der Waals surface area contributed by atoms with Crippen molar-refractivity contribution in [1.29, 1.82) is 0 Å². The zero-order chi connectivity index (χ0) is 12.3. The number of rotatable bonds is 3. The van der Waals surface area contributed by atoms with Gasteiger partial charge in [-0.05, 0) is 42.5 Å². The van der Waals surface area contributed by atoms with Crippen molar-refractivity contribution in [3.8, 4) is 0 Å². The minimum absolute atomic E-state index is 0.221. The molecule has 0 unspecified atom stereocenters. The van der Waals surface area contributed by atoms with E-state index in [2.05, 4.69) is 5.32 Å². The molecule has 1 N–H and O–H groups in total. The molecule has 2 nitrogen and oxygen atoms in total. The summed E-state index contributed by atoms with van der Waals surface area (Å²) in [5.41, 5.74) is 2.91. The highest BCUT2D eigenvalue weighted by Gasteiger charge is 2.04. The second kappa shape index (κ2) is 4.87. The Morgan fingerprint density at radius 1 is 1.00 bits per heavy atom. The molecule has 0 bridgehead atoms. The Labute approximate surface area is 101 Å². The monoisotopic (exact) mass is 230 g/mol. The summed E-state index contributed by atoms with van der Waals surface area (Å²) in [6.45, 7) is 0. The SMILES string of the molecule is CNc1ccc(N(C)c2cccc(F)c2)cc1. The molecule has 0 spiro atoms. The summed E-state index contributed by atoms with van der Waals surface area (Å²) in [6, 6.07) is 14.5. The summed E-state index contributed by atoms with van der Waals surface area (Å²) in [6.07, 6.45) is 0. The lowest BCUT2D eigenvalue weighted by molar-refractivity contribution is 0.628. The normalized spacial score (nSPS) is 10.1. The topological polar surface area (TPSA) is 15.3 Å². The van der Waals surface area contributed by atoms with Crippen molar-refractivity contribution in [2.24, 2.45) is 0 Å². The van der Waals surface area contributed by atoms with Gasteiger partial charge in [-0.25, -0.2) is 4.39 Å². The zero-order valence-corrected chi connectivity index (χ0v) is 9.94. The first kappa shape index (κ1) is 11.5. The quantitative estimate of drug-likeness (QED) is 0.866. The average molecular weight is 230 g/mol. The van der Waals surface area contributed by atoms with E-state index in [4.69, 9.17) is 0 Å². The Morgan fingerprint density at radius 3 is 2.29 bits per heavy atom. The fourth-order valence-corrected chi connectivity index (χ4v) is 1.69. The minimum atomic E-state index is -0.221. The molecule has 0 amide bonds. The van der Waals surface area contributed by atoms with Gasteiger partial charge in [-0.15, -0.1) is 0 Å². The molecule has 0 aliphatic carbocycles. The van der Waals surface area contributed by atoms with Crippen LogP contribution in [0, 0.1) is 5.82 Å². The predicted molar refractivity (Wildman–Crippen MR) is 70.5 cm³/mol. The Balaban J connectivity index is 2.27. The fraction of sp³-hybridized carbons (Fsp3) is 0.143. The zero-order valence-electron chi connectivity index (χ0n) is 9.94. The highest BCUT2D eigenvalue weighted by molar-refractivity contribution is 5.64. The van der Waals surface area contributed by atoms with Crippen LogP contribution in [-0.2, 0) is 0 Å². The Bertz CT molecular complexity index is 494. The van der Waals surface area contributed by atoms with Gasteiger partial charge in [0.05, 0.1) is 0 Å². The Morgan fingerprint density at radius 2 is 1.71 bits per heavy atom. The van der Waals surface area contributed by atoms with Gasteiger partial charge in [0.15, 0.2) is 0 Å². The molecule has 0 aromatic heterocycles. The molecule has 2 aromatic rings. The largest absolute Gasteiger partial charge is 0.388 e. The smallest absolute Gasteiger partial charge is 0.125 e. The van der Waals surface area contributed by atoms with Gasteiger partial charge in [0, 0.05) is 31.2 Å². The fourth-order valence-electron chi connectivity index (χ4n) is 1.69. The number of hydrogen-bond donors (Lipinski definition) is 1. The van der Waals surface area contributed by atoms with Crippen molar-refractivity contribution in [1.82, 2.24) is 0 Å². The van der Waals surface area contributed by atoms with Crippen LogP contribution in [0.3, 0.4) is 0 Å². The highest BCUT2D eigenvalue weighted by Crippen LogP contribution is 2.25. The number of halogens is 1. The molecule has 2 rings (SSSR count). The van der Waals surface area contributed by atoms with E-state index >= 15 is 0 Å². The Kier molecular flexibility index (Phi) is 3.28. The van der Waals surface area contributed by atoms with E-state index < -0.39 is 0 Å². The van der Waals surface area contributed by atoms with Gasteiger partial charge in [-0.1, -0.05) is 6.07 Å². The molecule has 0 radical (unpaired) electrons. The van der Waals surface area contributed by atoms with Gasteiger partial charge in [0.1, 0.15) is 5.82 Å². The molecule has 17 heavy (non-hydrogen) atoms. The lowest BCUT2D eigenvalue weighted by Gasteiger charge is -2.19. The maximum Gasteiger partial charge on any atom is 0.125 e. The van der Waals surface area contributed by atoms with Crippen molar-refractivity contribution >= 4 is 17.1 Å². The lowest BCUT2D eigenvalue weighted by atomic mass is 10.2. The highest BCUT2D eigenvalue weighted by atomic mass is 19.1. The summed E-state index contributed by atoms with van der Waals surface area (Å²) < 4.78 is 13.1.